The number of nitrogens with one attached hydrogen (secondary N) is 1. The quantitative estimate of drug-likeness (QED) is 0.288. The summed E-state index contributed by atoms with van der Waals surface area (Å²) in [6, 6.07) is 17.9. The van der Waals surface area contributed by atoms with E-state index in [0.717, 1.165) is 11.3 Å². The molecule has 0 heterocycles. The van der Waals surface area contributed by atoms with Crippen molar-refractivity contribution >= 4 is 5.97 Å². The van der Waals surface area contributed by atoms with Gasteiger partial charge in [0.05, 0.1) is 6.61 Å². The molecule has 1 N–H and O–H groups in total. The van der Waals surface area contributed by atoms with E-state index in [1.54, 1.807) is 14.0 Å². The number of likely N-dealkylation sites (N-methyl/N-ethyl adjacent to an activating group) is 1. The Morgan fingerprint density at radius 2 is 1.66 bits per heavy atom. The Hall–Kier alpha value is -2.37. The minimum atomic E-state index is -0.640. The molecule has 3 rings (SSSR count). The van der Waals surface area contributed by atoms with Crippen LogP contribution in [0.3, 0.4) is 0 Å². The summed E-state index contributed by atoms with van der Waals surface area (Å²) in [5, 5.41) is 3.07. The largest absolute Gasteiger partial charge is 0.491 e. The number of ether oxygens (including phenoxy) is 3. The van der Waals surface area contributed by atoms with Crippen molar-refractivity contribution in [3.05, 3.63) is 65.7 Å². The monoisotopic (exact) mass is 439 g/mol. The summed E-state index contributed by atoms with van der Waals surface area (Å²) in [6.07, 6.45) is 5.99. The lowest BCUT2D eigenvalue weighted by Crippen LogP contribution is -2.41. The van der Waals surface area contributed by atoms with E-state index in [2.05, 4.69) is 17.4 Å². The molecule has 3 atom stereocenters. The van der Waals surface area contributed by atoms with Gasteiger partial charge in [-0.15, -0.1) is 0 Å². The van der Waals surface area contributed by atoms with E-state index in [4.69, 9.17) is 14.2 Å². The third kappa shape index (κ3) is 7.07. The predicted octanol–water partition coefficient (Wildman–Crippen LogP) is 5.41. The number of carbonyl (C=O) groups excluding carboxylic acids is 1. The van der Waals surface area contributed by atoms with Crippen molar-refractivity contribution in [1.82, 2.24) is 5.32 Å². The van der Waals surface area contributed by atoms with Crippen LogP contribution in [0, 0.1) is 0 Å². The summed E-state index contributed by atoms with van der Waals surface area (Å²) in [5.41, 5.74) is 2.50. The molecule has 0 aliphatic heterocycles. The second-order valence-electron chi connectivity index (χ2n) is 8.59. The number of rotatable bonds is 11. The fraction of sp³-hybridized carbons (Fsp3) is 0.519. The SMILES string of the molecule is CNC(C(=O)OC(C)OCCOc1ccc(C2CCCCC2)cc1)C(C)c1ccccc1. The van der Waals surface area contributed by atoms with Crippen LogP contribution in [0.1, 0.15) is 68.9 Å². The Bertz CT molecular complexity index is 802. The average Bonchev–Trinajstić information content (AvgIpc) is 2.83. The molecule has 1 aliphatic rings. The van der Waals surface area contributed by atoms with Gasteiger partial charge in [-0.2, -0.15) is 0 Å². The zero-order valence-electron chi connectivity index (χ0n) is 19.6. The van der Waals surface area contributed by atoms with Crippen LogP contribution in [0.4, 0.5) is 0 Å². The number of carbonyl (C=O) groups is 1. The molecular weight excluding hydrogens is 402 g/mol. The van der Waals surface area contributed by atoms with Gasteiger partial charge in [-0.25, -0.2) is 0 Å². The van der Waals surface area contributed by atoms with Crippen LogP contribution >= 0.6 is 0 Å². The summed E-state index contributed by atoms with van der Waals surface area (Å²) in [7, 11) is 1.77. The van der Waals surface area contributed by atoms with Crippen LogP contribution in [0.5, 0.6) is 5.75 Å². The average molecular weight is 440 g/mol. The highest BCUT2D eigenvalue weighted by Gasteiger charge is 2.27. The van der Waals surface area contributed by atoms with Crippen LogP contribution in [0.2, 0.25) is 0 Å². The molecule has 3 unspecified atom stereocenters. The standard InChI is InChI=1S/C27H37NO4/c1-20(22-10-6-4-7-11-22)26(28-3)27(29)32-21(2)30-18-19-31-25-16-14-24(15-17-25)23-12-8-5-9-13-23/h4,6-7,10-11,14-17,20-21,23,26,28H,5,8-9,12-13,18-19H2,1-3H3. The van der Waals surface area contributed by atoms with Gasteiger partial charge in [0.1, 0.15) is 18.4 Å². The van der Waals surface area contributed by atoms with Crippen molar-refractivity contribution in [3.63, 3.8) is 0 Å². The zero-order chi connectivity index (χ0) is 22.8. The van der Waals surface area contributed by atoms with Crippen LogP contribution < -0.4 is 10.1 Å². The van der Waals surface area contributed by atoms with Gasteiger partial charge in [-0.05, 0) is 56.0 Å². The van der Waals surface area contributed by atoms with E-state index < -0.39 is 12.3 Å². The van der Waals surface area contributed by atoms with Crippen LogP contribution in [-0.2, 0) is 14.3 Å². The maximum Gasteiger partial charge on any atom is 0.326 e. The van der Waals surface area contributed by atoms with E-state index in [-0.39, 0.29) is 11.9 Å². The first kappa shape index (κ1) is 24.3. The fourth-order valence-electron chi connectivity index (χ4n) is 4.44. The van der Waals surface area contributed by atoms with Gasteiger partial charge in [0.15, 0.2) is 6.29 Å². The first-order valence-corrected chi connectivity index (χ1v) is 11.9. The van der Waals surface area contributed by atoms with Crippen molar-refractivity contribution in [3.8, 4) is 5.75 Å². The van der Waals surface area contributed by atoms with Gasteiger partial charge >= 0.3 is 5.97 Å². The molecule has 0 aromatic heterocycles. The summed E-state index contributed by atoms with van der Waals surface area (Å²) in [5.74, 6) is 1.20. The van der Waals surface area contributed by atoms with Crippen molar-refractivity contribution in [2.24, 2.45) is 0 Å². The molecule has 0 spiro atoms. The lowest BCUT2D eigenvalue weighted by atomic mass is 9.84. The predicted molar refractivity (Wildman–Crippen MR) is 127 cm³/mol. The van der Waals surface area contributed by atoms with Crippen molar-refractivity contribution in [1.29, 1.82) is 0 Å². The number of esters is 1. The highest BCUT2D eigenvalue weighted by molar-refractivity contribution is 5.77. The van der Waals surface area contributed by atoms with Gasteiger partial charge in [0.2, 0.25) is 0 Å². The normalized spacial score (nSPS) is 17.3. The molecule has 32 heavy (non-hydrogen) atoms. The molecule has 1 aliphatic carbocycles. The molecule has 174 valence electrons. The van der Waals surface area contributed by atoms with Gasteiger partial charge < -0.3 is 19.5 Å². The third-order valence-corrected chi connectivity index (χ3v) is 6.33. The molecule has 0 saturated heterocycles. The Morgan fingerprint density at radius 3 is 2.31 bits per heavy atom. The Balaban J connectivity index is 1.38. The van der Waals surface area contributed by atoms with E-state index >= 15 is 0 Å². The zero-order valence-corrected chi connectivity index (χ0v) is 19.6. The highest BCUT2D eigenvalue weighted by Crippen LogP contribution is 2.33. The highest BCUT2D eigenvalue weighted by atomic mass is 16.7. The molecule has 2 aromatic rings. The summed E-state index contributed by atoms with van der Waals surface area (Å²) in [6.45, 7) is 4.49. The smallest absolute Gasteiger partial charge is 0.326 e. The Labute approximate surface area is 192 Å². The Morgan fingerprint density at radius 1 is 0.969 bits per heavy atom. The summed E-state index contributed by atoms with van der Waals surface area (Å²) >= 11 is 0. The maximum atomic E-state index is 12.6. The first-order valence-electron chi connectivity index (χ1n) is 11.9. The van der Waals surface area contributed by atoms with E-state index in [1.165, 1.54) is 37.7 Å². The molecule has 5 nitrogen and oxygen atoms in total. The minimum Gasteiger partial charge on any atom is -0.491 e. The molecule has 1 fully saturated rings. The molecular formula is C27H37NO4. The van der Waals surface area contributed by atoms with Crippen molar-refractivity contribution in [2.45, 2.75) is 70.1 Å². The minimum absolute atomic E-state index is 0.0131. The first-order chi connectivity index (χ1) is 15.6. The number of benzene rings is 2. The molecule has 0 bridgehead atoms. The van der Waals surface area contributed by atoms with Crippen molar-refractivity contribution < 1.29 is 19.0 Å². The van der Waals surface area contributed by atoms with Crippen LogP contribution in [0.25, 0.3) is 0 Å². The molecule has 2 aromatic carbocycles. The third-order valence-electron chi connectivity index (χ3n) is 6.33. The number of hydrogen-bond acceptors (Lipinski definition) is 5. The summed E-state index contributed by atoms with van der Waals surface area (Å²) in [4.78, 5) is 12.6. The molecule has 0 amide bonds. The van der Waals surface area contributed by atoms with Gasteiger partial charge in [0.25, 0.3) is 0 Å². The Kier molecular flexibility index (Phi) is 9.57. The topological polar surface area (TPSA) is 56.8 Å². The second-order valence-corrected chi connectivity index (χ2v) is 8.59. The molecule has 1 saturated carbocycles. The lowest BCUT2D eigenvalue weighted by molar-refractivity contribution is -0.178. The fourth-order valence-corrected chi connectivity index (χ4v) is 4.44. The van der Waals surface area contributed by atoms with Crippen LogP contribution in [0.15, 0.2) is 54.6 Å². The van der Waals surface area contributed by atoms with E-state index in [9.17, 15) is 4.79 Å². The summed E-state index contributed by atoms with van der Waals surface area (Å²) < 4.78 is 16.9. The lowest BCUT2D eigenvalue weighted by Gasteiger charge is -2.24. The van der Waals surface area contributed by atoms with Crippen LogP contribution in [-0.4, -0.2) is 38.6 Å². The van der Waals surface area contributed by atoms with Gasteiger partial charge in [0, 0.05) is 5.92 Å². The number of hydrogen-bond donors (Lipinski definition) is 1. The molecule has 5 heteroatoms. The van der Waals surface area contributed by atoms with Gasteiger partial charge in [-0.3, -0.25) is 4.79 Å². The van der Waals surface area contributed by atoms with E-state index in [0.29, 0.717) is 19.1 Å². The second kappa shape index (κ2) is 12.6. The van der Waals surface area contributed by atoms with E-state index in [1.807, 2.05) is 49.4 Å². The maximum absolute atomic E-state index is 12.6. The van der Waals surface area contributed by atoms with Crippen molar-refractivity contribution in [2.75, 3.05) is 20.3 Å². The van der Waals surface area contributed by atoms with Gasteiger partial charge in [-0.1, -0.05) is 68.7 Å². The molecule has 0 radical (unpaired) electrons.